The quantitative estimate of drug-likeness (QED) is 0.633. The summed E-state index contributed by atoms with van der Waals surface area (Å²) in [7, 11) is 0. The van der Waals surface area contributed by atoms with Crippen molar-refractivity contribution in [3.63, 3.8) is 0 Å². The van der Waals surface area contributed by atoms with Crippen LogP contribution in [0, 0.1) is 12.8 Å². The van der Waals surface area contributed by atoms with Gasteiger partial charge in [0.05, 0.1) is 6.61 Å². The Kier molecular flexibility index (Phi) is 7.35. The van der Waals surface area contributed by atoms with Crippen LogP contribution in [-0.2, 0) is 4.79 Å². The number of rotatable bonds is 8. The maximum atomic E-state index is 12.4. The summed E-state index contributed by atoms with van der Waals surface area (Å²) in [5.41, 5.74) is 1.84. The van der Waals surface area contributed by atoms with Gasteiger partial charge in [0.1, 0.15) is 11.5 Å². The lowest BCUT2D eigenvalue weighted by atomic mass is 9.87. The van der Waals surface area contributed by atoms with E-state index in [4.69, 9.17) is 9.47 Å². The first kappa shape index (κ1) is 20.2. The van der Waals surface area contributed by atoms with E-state index >= 15 is 0 Å². The Hall–Kier alpha value is -2.49. The van der Waals surface area contributed by atoms with Crippen molar-refractivity contribution in [3.05, 3.63) is 54.1 Å². The molecular weight excluding hydrogens is 350 g/mol. The van der Waals surface area contributed by atoms with Gasteiger partial charge >= 0.3 is 0 Å². The molecule has 1 aliphatic rings. The van der Waals surface area contributed by atoms with Crippen molar-refractivity contribution in [1.82, 2.24) is 0 Å². The zero-order chi connectivity index (χ0) is 19.8. The molecule has 4 heteroatoms. The van der Waals surface area contributed by atoms with Crippen LogP contribution >= 0.6 is 0 Å². The molecule has 2 aromatic carbocycles. The summed E-state index contributed by atoms with van der Waals surface area (Å²) in [6.07, 6.45) is 7.36. The molecule has 0 aromatic heterocycles. The molecule has 0 spiro atoms. The van der Waals surface area contributed by atoms with Gasteiger partial charge in [0.15, 0.2) is 6.10 Å². The SMILES string of the molecule is Cc1cccc(OC(C)C(=O)Nc2ccc(OCCC3CCCCC3)cc2)c1. The average Bonchev–Trinajstić information content (AvgIpc) is 2.70. The second-order valence-electron chi connectivity index (χ2n) is 7.73. The fourth-order valence-electron chi connectivity index (χ4n) is 3.64. The molecule has 0 bridgehead atoms. The summed E-state index contributed by atoms with van der Waals surface area (Å²) in [6, 6.07) is 15.2. The van der Waals surface area contributed by atoms with Gasteiger partial charge in [-0.15, -0.1) is 0 Å². The van der Waals surface area contributed by atoms with E-state index in [1.807, 2.05) is 55.5 Å². The average molecular weight is 382 g/mol. The molecule has 1 N–H and O–H groups in total. The predicted octanol–water partition coefficient (Wildman–Crippen LogP) is 5.75. The monoisotopic (exact) mass is 381 g/mol. The summed E-state index contributed by atoms with van der Waals surface area (Å²) in [6.45, 7) is 4.51. The van der Waals surface area contributed by atoms with Crippen molar-refractivity contribution in [2.24, 2.45) is 5.92 Å². The summed E-state index contributed by atoms with van der Waals surface area (Å²) in [5, 5.41) is 2.89. The highest BCUT2D eigenvalue weighted by atomic mass is 16.5. The molecule has 3 rings (SSSR count). The second-order valence-corrected chi connectivity index (χ2v) is 7.73. The highest BCUT2D eigenvalue weighted by Gasteiger charge is 2.15. The van der Waals surface area contributed by atoms with Gasteiger partial charge in [-0.2, -0.15) is 0 Å². The number of amides is 1. The van der Waals surface area contributed by atoms with Crippen LogP contribution in [0.15, 0.2) is 48.5 Å². The third kappa shape index (κ3) is 6.29. The van der Waals surface area contributed by atoms with E-state index in [0.717, 1.165) is 35.9 Å². The van der Waals surface area contributed by atoms with Crippen molar-refractivity contribution in [1.29, 1.82) is 0 Å². The van der Waals surface area contributed by atoms with Gasteiger partial charge < -0.3 is 14.8 Å². The third-order valence-corrected chi connectivity index (χ3v) is 5.31. The topological polar surface area (TPSA) is 47.6 Å². The number of ether oxygens (including phenoxy) is 2. The third-order valence-electron chi connectivity index (χ3n) is 5.31. The Bertz CT molecular complexity index is 751. The summed E-state index contributed by atoms with van der Waals surface area (Å²) < 4.78 is 11.6. The predicted molar refractivity (Wildman–Crippen MR) is 113 cm³/mol. The molecule has 0 aliphatic heterocycles. The van der Waals surface area contributed by atoms with Crippen molar-refractivity contribution >= 4 is 11.6 Å². The smallest absolute Gasteiger partial charge is 0.265 e. The van der Waals surface area contributed by atoms with Crippen LogP contribution in [0.5, 0.6) is 11.5 Å². The minimum atomic E-state index is -0.576. The maximum absolute atomic E-state index is 12.4. The lowest BCUT2D eigenvalue weighted by Gasteiger charge is -2.21. The Labute approximate surface area is 168 Å². The fourth-order valence-corrected chi connectivity index (χ4v) is 3.64. The van der Waals surface area contributed by atoms with Gasteiger partial charge in [-0.3, -0.25) is 4.79 Å². The van der Waals surface area contributed by atoms with E-state index in [2.05, 4.69) is 5.32 Å². The van der Waals surface area contributed by atoms with E-state index in [0.29, 0.717) is 5.75 Å². The molecule has 150 valence electrons. The van der Waals surface area contributed by atoms with Crippen molar-refractivity contribution in [3.8, 4) is 11.5 Å². The first-order valence-corrected chi connectivity index (χ1v) is 10.4. The standard InChI is InChI=1S/C24H31NO3/c1-18-7-6-10-23(17-18)28-19(2)24(26)25-21-11-13-22(14-12-21)27-16-15-20-8-4-3-5-9-20/h6-7,10-14,17,19-20H,3-5,8-9,15-16H2,1-2H3,(H,25,26). The Balaban J connectivity index is 1.43. The number of aryl methyl sites for hydroxylation is 1. The van der Waals surface area contributed by atoms with Crippen LogP contribution < -0.4 is 14.8 Å². The van der Waals surface area contributed by atoms with Gasteiger partial charge in [0.25, 0.3) is 5.91 Å². The molecule has 1 fully saturated rings. The molecule has 1 unspecified atom stereocenters. The first-order valence-electron chi connectivity index (χ1n) is 10.4. The zero-order valence-electron chi connectivity index (χ0n) is 16.9. The molecule has 0 radical (unpaired) electrons. The molecule has 0 saturated heterocycles. The van der Waals surface area contributed by atoms with Crippen molar-refractivity contribution in [2.75, 3.05) is 11.9 Å². The Morgan fingerprint density at radius 1 is 1.07 bits per heavy atom. The number of hydrogen-bond donors (Lipinski definition) is 1. The summed E-state index contributed by atoms with van der Waals surface area (Å²) in [5.74, 6) is 2.19. The largest absolute Gasteiger partial charge is 0.494 e. The van der Waals surface area contributed by atoms with Crippen LogP contribution in [0.4, 0.5) is 5.69 Å². The van der Waals surface area contributed by atoms with Gasteiger partial charge in [-0.05, 0) is 68.1 Å². The minimum Gasteiger partial charge on any atom is -0.494 e. The van der Waals surface area contributed by atoms with Crippen molar-refractivity contribution < 1.29 is 14.3 Å². The number of benzene rings is 2. The zero-order valence-corrected chi connectivity index (χ0v) is 16.9. The molecule has 2 aromatic rings. The first-order chi connectivity index (χ1) is 13.6. The molecule has 1 saturated carbocycles. The summed E-state index contributed by atoms with van der Waals surface area (Å²) >= 11 is 0. The molecule has 28 heavy (non-hydrogen) atoms. The van der Waals surface area contributed by atoms with Crippen LogP contribution in [0.3, 0.4) is 0 Å². The van der Waals surface area contributed by atoms with Crippen molar-refractivity contribution in [2.45, 2.75) is 58.5 Å². The number of anilines is 1. The van der Waals surface area contributed by atoms with Gasteiger partial charge in [0, 0.05) is 5.69 Å². The highest BCUT2D eigenvalue weighted by Crippen LogP contribution is 2.26. The molecular formula is C24H31NO3. The van der Waals surface area contributed by atoms with Gasteiger partial charge in [-0.25, -0.2) is 0 Å². The van der Waals surface area contributed by atoms with E-state index in [1.165, 1.54) is 32.1 Å². The lowest BCUT2D eigenvalue weighted by molar-refractivity contribution is -0.122. The molecule has 1 aliphatic carbocycles. The molecule has 1 amide bonds. The van der Waals surface area contributed by atoms with E-state index in [1.54, 1.807) is 6.92 Å². The number of hydrogen-bond acceptors (Lipinski definition) is 3. The van der Waals surface area contributed by atoms with Crippen LogP contribution in [0.25, 0.3) is 0 Å². The van der Waals surface area contributed by atoms with E-state index in [9.17, 15) is 4.79 Å². The number of carbonyl (C=O) groups is 1. The second kappa shape index (κ2) is 10.2. The number of nitrogens with one attached hydrogen (secondary N) is 1. The lowest BCUT2D eigenvalue weighted by Crippen LogP contribution is -2.30. The van der Waals surface area contributed by atoms with Gasteiger partial charge in [-0.1, -0.05) is 44.2 Å². The van der Waals surface area contributed by atoms with Gasteiger partial charge in [0.2, 0.25) is 0 Å². The summed E-state index contributed by atoms with van der Waals surface area (Å²) in [4.78, 5) is 12.4. The Morgan fingerprint density at radius 3 is 2.54 bits per heavy atom. The normalized spacial score (nSPS) is 15.6. The molecule has 4 nitrogen and oxygen atoms in total. The number of carbonyl (C=O) groups excluding carboxylic acids is 1. The van der Waals surface area contributed by atoms with E-state index < -0.39 is 6.10 Å². The highest BCUT2D eigenvalue weighted by molar-refractivity contribution is 5.94. The fraction of sp³-hybridized carbons (Fsp3) is 0.458. The van der Waals surface area contributed by atoms with Crippen LogP contribution in [-0.4, -0.2) is 18.6 Å². The maximum Gasteiger partial charge on any atom is 0.265 e. The minimum absolute atomic E-state index is 0.174. The molecule has 0 heterocycles. The Morgan fingerprint density at radius 2 is 1.82 bits per heavy atom. The molecule has 1 atom stereocenters. The van der Waals surface area contributed by atoms with Crippen LogP contribution in [0.1, 0.15) is 51.0 Å². The van der Waals surface area contributed by atoms with E-state index in [-0.39, 0.29) is 5.91 Å². The van der Waals surface area contributed by atoms with Crippen LogP contribution in [0.2, 0.25) is 0 Å².